The Hall–Kier alpha value is -2.69. The molecule has 0 saturated carbocycles. The minimum atomic E-state index is -0.229. The molecule has 0 aliphatic rings. The van der Waals surface area contributed by atoms with Crippen molar-refractivity contribution in [2.45, 2.75) is 13.8 Å². The standard InChI is InChI=1S/C15H14N4O/c1-10-5-3-4-6-12(10)17-15(20)13-7-8-14-16-11(2)9-19(14)18-13/h3-9H,1-2H3,(H,17,20). The number of imidazole rings is 1. The lowest BCUT2D eigenvalue weighted by atomic mass is 10.2. The number of nitrogens with one attached hydrogen (secondary N) is 1. The number of carbonyl (C=O) groups is 1. The summed E-state index contributed by atoms with van der Waals surface area (Å²) in [5, 5.41) is 7.13. The summed E-state index contributed by atoms with van der Waals surface area (Å²) >= 11 is 0. The molecule has 0 fully saturated rings. The second-order valence-corrected chi connectivity index (χ2v) is 4.67. The van der Waals surface area contributed by atoms with Crippen LogP contribution in [0.25, 0.3) is 5.65 Å². The number of fused-ring (bicyclic) bond motifs is 1. The summed E-state index contributed by atoms with van der Waals surface area (Å²) in [6, 6.07) is 11.1. The maximum Gasteiger partial charge on any atom is 0.276 e. The Balaban J connectivity index is 1.90. The van der Waals surface area contributed by atoms with Crippen LogP contribution >= 0.6 is 0 Å². The van der Waals surface area contributed by atoms with Gasteiger partial charge in [-0.2, -0.15) is 5.10 Å². The number of anilines is 1. The first-order valence-corrected chi connectivity index (χ1v) is 6.33. The molecular weight excluding hydrogens is 252 g/mol. The van der Waals surface area contributed by atoms with Gasteiger partial charge in [0.15, 0.2) is 5.65 Å². The molecule has 5 heteroatoms. The fourth-order valence-electron chi connectivity index (χ4n) is 2.02. The molecular formula is C15H14N4O. The van der Waals surface area contributed by atoms with E-state index in [1.165, 1.54) is 0 Å². The molecule has 0 bridgehead atoms. The van der Waals surface area contributed by atoms with Crippen molar-refractivity contribution in [3.8, 4) is 0 Å². The van der Waals surface area contributed by atoms with E-state index < -0.39 is 0 Å². The number of nitrogens with zero attached hydrogens (tertiary/aromatic N) is 3. The van der Waals surface area contributed by atoms with E-state index in [1.807, 2.05) is 38.1 Å². The average molecular weight is 266 g/mol. The minimum Gasteiger partial charge on any atom is -0.320 e. The molecule has 2 aromatic heterocycles. The van der Waals surface area contributed by atoms with Crippen molar-refractivity contribution >= 4 is 17.2 Å². The minimum absolute atomic E-state index is 0.229. The zero-order valence-corrected chi connectivity index (χ0v) is 11.3. The summed E-state index contributed by atoms with van der Waals surface area (Å²) in [6.45, 7) is 3.84. The molecule has 20 heavy (non-hydrogen) atoms. The van der Waals surface area contributed by atoms with Crippen LogP contribution in [-0.4, -0.2) is 20.5 Å². The van der Waals surface area contributed by atoms with Gasteiger partial charge in [-0.05, 0) is 37.6 Å². The van der Waals surface area contributed by atoms with Gasteiger partial charge in [0.25, 0.3) is 5.91 Å². The molecule has 2 heterocycles. The second-order valence-electron chi connectivity index (χ2n) is 4.67. The molecule has 0 aliphatic carbocycles. The van der Waals surface area contributed by atoms with Crippen molar-refractivity contribution in [3.63, 3.8) is 0 Å². The quantitative estimate of drug-likeness (QED) is 0.775. The molecule has 0 saturated heterocycles. The third-order valence-electron chi connectivity index (χ3n) is 3.07. The summed E-state index contributed by atoms with van der Waals surface area (Å²) in [5.74, 6) is -0.229. The van der Waals surface area contributed by atoms with Crippen LogP contribution in [0.1, 0.15) is 21.7 Å². The van der Waals surface area contributed by atoms with Crippen LogP contribution in [0.4, 0.5) is 5.69 Å². The fourth-order valence-corrected chi connectivity index (χ4v) is 2.02. The Morgan fingerprint density at radius 2 is 1.95 bits per heavy atom. The third-order valence-corrected chi connectivity index (χ3v) is 3.07. The normalized spacial score (nSPS) is 10.7. The molecule has 0 radical (unpaired) electrons. The van der Waals surface area contributed by atoms with Gasteiger partial charge in [-0.3, -0.25) is 4.79 Å². The van der Waals surface area contributed by atoms with E-state index in [9.17, 15) is 4.79 Å². The maximum atomic E-state index is 12.2. The number of aromatic nitrogens is 3. The number of amides is 1. The van der Waals surface area contributed by atoms with Gasteiger partial charge in [0.2, 0.25) is 0 Å². The smallest absolute Gasteiger partial charge is 0.276 e. The number of para-hydroxylation sites is 1. The zero-order valence-electron chi connectivity index (χ0n) is 11.3. The highest BCUT2D eigenvalue weighted by molar-refractivity contribution is 6.03. The Labute approximate surface area is 116 Å². The van der Waals surface area contributed by atoms with E-state index in [4.69, 9.17) is 0 Å². The number of hydrogen-bond acceptors (Lipinski definition) is 3. The van der Waals surface area contributed by atoms with E-state index in [-0.39, 0.29) is 5.91 Å². The lowest BCUT2D eigenvalue weighted by Gasteiger charge is -2.07. The van der Waals surface area contributed by atoms with Gasteiger partial charge < -0.3 is 5.32 Å². The van der Waals surface area contributed by atoms with E-state index in [0.717, 1.165) is 22.6 Å². The summed E-state index contributed by atoms with van der Waals surface area (Å²) < 4.78 is 1.61. The van der Waals surface area contributed by atoms with Gasteiger partial charge in [-0.15, -0.1) is 0 Å². The van der Waals surface area contributed by atoms with Gasteiger partial charge >= 0.3 is 0 Å². The van der Waals surface area contributed by atoms with Gasteiger partial charge in [0.1, 0.15) is 5.69 Å². The molecule has 5 nitrogen and oxygen atoms in total. The maximum absolute atomic E-state index is 12.2. The summed E-state index contributed by atoms with van der Waals surface area (Å²) in [4.78, 5) is 16.5. The molecule has 0 unspecified atom stereocenters. The number of carbonyl (C=O) groups excluding carboxylic acids is 1. The molecule has 1 aromatic carbocycles. The van der Waals surface area contributed by atoms with Crippen molar-refractivity contribution in [2.75, 3.05) is 5.32 Å². The SMILES string of the molecule is Cc1cn2nc(C(=O)Nc3ccccc3C)ccc2n1. The third kappa shape index (κ3) is 2.25. The van der Waals surface area contributed by atoms with Crippen LogP contribution in [0.15, 0.2) is 42.6 Å². The van der Waals surface area contributed by atoms with Crippen molar-refractivity contribution in [1.29, 1.82) is 0 Å². The molecule has 0 spiro atoms. The van der Waals surface area contributed by atoms with Crippen LogP contribution in [0.2, 0.25) is 0 Å². The molecule has 1 amide bonds. The Bertz CT molecular complexity index is 791. The summed E-state index contributed by atoms with van der Waals surface area (Å²) in [6.07, 6.45) is 1.79. The molecule has 1 N–H and O–H groups in total. The highest BCUT2D eigenvalue weighted by atomic mass is 16.1. The van der Waals surface area contributed by atoms with Crippen molar-refractivity contribution in [2.24, 2.45) is 0 Å². The second kappa shape index (κ2) is 4.77. The van der Waals surface area contributed by atoms with Gasteiger partial charge in [0.05, 0.1) is 11.9 Å². The Morgan fingerprint density at radius 1 is 1.15 bits per heavy atom. The highest BCUT2D eigenvalue weighted by Gasteiger charge is 2.10. The van der Waals surface area contributed by atoms with Crippen molar-refractivity contribution in [3.05, 3.63) is 59.5 Å². The topological polar surface area (TPSA) is 59.3 Å². The summed E-state index contributed by atoms with van der Waals surface area (Å²) in [7, 11) is 0. The van der Waals surface area contributed by atoms with Crippen molar-refractivity contribution in [1.82, 2.24) is 14.6 Å². The first-order chi connectivity index (χ1) is 9.63. The Kier molecular flexibility index (Phi) is 2.95. The molecule has 3 rings (SSSR count). The van der Waals surface area contributed by atoms with E-state index >= 15 is 0 Å². The van der Waals surface area contributed by atoms with Crippen molar-refractivity contribution < 1.29 is 4.79 Å². The lowest BCUT2D eigenvalue weighted by Crippen LogP contribution is -2.15. The van der Waals surface area contributed by atoms with Gasteiger partial charge in [-0.25, -0.2) is 9.50 Å². The van der Waals surface area contributed by atoms with E-state index in [2.05, 4.69) is 15.4 Å². The predicted octanol–water partition coefficient (Wildman–Crippen LogP) is 2.60. The van der Waals surface area contributed by atoms with Crippen LogP contribution in [0, 0.1) is 13.8 Å². The van der Waals surface area contributed by atoms with Crippen LogP contribution in [-0.2, 0) is 0 Å². The molecule has 0 atom stereocenters. The molecule has 3 aromatic rings. The lowest BCUT2D eigenvalue weighted by molar-refractivity contribution is 0.102. The molecule has 100 valence electrons. The zero-order chi connectivity index (χ0) is 14.1. The fraction of sp³-hybridized carbons (Fsp3) is 0.133. The first-order valence-electron chi connectivity index (χ1n) is 6.33. The average Bonchev–Trinajstić information content (AvgIpc) is 2.80. The Morgan fingerprint density at radius 3 is 2.75 bits per heavy atom. The monoisotopic (exact) mass is 266 g/mol. The number of aryl methyl sites for hydroxylation is 2. The van der Waals surface area contributed by atoms with Crippen LogP contribution in [0.5, 0.6) is 0 Å². The van der Waals surface area contributed by atoms with Crippen LogP contribution < -0.4 is 5.32 Å². The summed E-state index contributed by atoms with van der Waals surface area (Å²) in [5.41, 5.74) is 3.77. The van der Waals surface area contributed by atoms with E-state index in [1.54, 1.807) is 22.8 Å². The number of benzene rings is 1. The largest absolute Gasteiger partial charge is 0.320 e. The van der Waals surface area contributed by atoms with Gasteiger partial charge in [-0.1, -0.05) is 18.2 Å². The van der Waals surface area contributed by atoms with E-state index in [0.29, 0.717) is 5.69 Å². The van der Waals surface area contributed by atoms with Crippen LogP contribution in [0.3, 0.4) is 0 Å². The first kappa shape index (κ1) is 12.3. The predicted molar refractivity (Wildman–Crippen MR) is 76.9 cm³/mol. The number of rotatable bonds is 2. The number of hydrogen-bond donors (Lipinski definition) is 1. The molecule has 0 aliphatic heterocycles. The highest BCUT2D eigenvalue weighted by Crippen LogP contribution is 2.14. The van der Waals surface area contributed by atoms with Gasteiger partial charge in [0, 0.05) is 5.69 Å².